The van der Waals surface area contributed by atoms with Crippen molar-refractivity contribution in [3.05, 3.63) is 16.3 Å². The quantitative estimate of drug-likeness (QED) is 0.885. The zero-order chi connectivity index (χ0) is 13.1. The van der Waals surface area contributed by atoms with Crippen LogP contribution < -0.4 is 15.4 Å². The molecule has 100 valence electrons. The van der Waals surface area contributed by atoms with Gasteiger partial charge in [0.1, 0.15) is 5.69 Å². The topological polar surface area (TPSA) is 46.2 Å². The highest BCUT2D eigenvalue weighted by molar-refractivity contribution is 6.34. The molecule has 1 aromatic heterocycles. The molecule has 2 rings (SSSR count). The van der Waals surface area contributed by atoms with Crippen molar-refractivity contribution in [3.63, 3.8) is 0 Å². The highest BCUT2D eigenvalue weighted by atomic mass is 35.5. The third kappa shape index (κ3) is 2.40. The van der Waals surface area contributed by atoms with E-state index in [-0.39, 0.29) is 0 Å². The molecule has 0 bridgehead atoms. The second kappa shape index (κ2) is 5.76. The number of anilines is 1. The minimum Gasteiger partial charge on any atom is -0.479 e. The lowest BCUT2D eigenvalue weighted by Crippen LogP contribution is -2.18. The minimum absolute atomic E-state index is 0.366. The summed E-state index contributed by atoms with van der Waals surface area (Å²) in [5, 5.41) is 7.41. The molecule has 0 saturated carbocycles. The van der Waals surface area contributed by atoms with Gasteiger partial charge in [0.15, 0.2) is 0 Å². The Kier molecular flexibility index (Phi) is 4.30. The fourth-order valence-corrected chi connectivity index (χ4v) is 2.83. The van der Waals surface area contributed by atoms with E-state index in [2.05, 4.69) is 22.5 Å². The predicted molar refractivity (Wildman–Crippen MR) is 75.0 cm³/mol. The largest absolute Gasteiger partial charge is 0.479 e. The van der Waals surface area contributed by atoms with Crippen molar-refractivity contribution in [2.75, 3.05) is 32.1 Å². The number of nitrogens with zero attached hydrogens (tertiary/aromatic N) is 1. The average molecular weight is 270 g/mol. The summed E-state index contributed by atoms with van der Waals surface area (Å²) in [6.07, 6.45) is 0.891. The van der Waals surface area contributed by atoms with E-state index in [1.165, 1.54) is 0 Å². The normalized spacial score (nSPS) is 19.0. The molecule has 0 saturated heterocycles. The first kappa shape index (κ1) is 13.4. The van der Waals surface area contributed by atoms with E-state index in [4.69, 9.17) is 16.3 Å². The molecule has 0 spiro atoms. The highest BCUT2D eigenvalue weighted by Gasteiger charge is 2.24. The third-order valence-electron chi connectivity index (χ3n) is 3.25. The van der Waals surface area contributed by atoms with Gasteiger partial charge in [0.05, 0.1) is 17.8 Å². The van der Waals surface area contributed by atoms with Gasteiger partial charge in [-0.25, -0.2) is 4.98 Å². The molecular weight excluding hydrogens is 250 g/mol. The van der Waals surface area contributed by atoms with Gasteiger partial charge in [0.25, 0.3) is 0 Å². The molecule has 2 N–H and O–H groups in total. The number of halogens is 1. The number of nitrogens with one attached hydrogen (secondary N) is 2. The standard InChI is InChI=1S/C13H20ClN3O/c1-4-16-12-11(14)10-8(2)7-15-6-5-9(10)17-13(12)18-3/h8,15-16H,4-7H2,1-3H3/t8-/m0/s1. The maximum absolute atomic E-state index is 6.55. The minimum atomic E-state index is 0.366. The van der Waals surface area contributed by atoms with Crippen LogP contribution in [0.5, 0.6) is 5.88 Å². The van der Waals surface area contributed by atoms with Crippen LogP contribution in [0.4, 0.5) is 5.69 Å². The summed E-state index contributed by atoms with van der Waals surface area (Å²) in [6.45, 7) is 6.87. The number of methoxy groups -OCH3 is 1. The molecule has 5 heteroatoms. The van der Waals surface area contributed by atoms with Crippen LogP contribution in [-0.2, 0) is 6.42 Å². The Morgan fingerprint density at radius 1 is 1.56 bits per heavy atom. The Morgan fingerprint density at radius 2 is 2.33 bits per heavy atom. The van der Waals surface area contributed by atoms with E-state index in [1.807, 2.05) is 6.92 Å². The van der Waals surface area contributed by atoms with Crippen LogP contribution >= 0.6 is 11.6 Å². The van der Waals surface area contributed by atoms with Gasteiger partial charge in [-0.3, -0.25) is 0 Å². The van der Waals surface area contributed by atoms with Crippen LogP contribution in [-0.4, -0.2) is 31.7 Å². The molecule has 18 heavy (non-hydrogen) atoms. The van der Waals surface area contributed by atoms with Crippen molar-refractivity contribution in [2.24, 2.45) is 0 Å². The predicted octanol–water partition coefficient (Wildman–Crippen LogP) is 2.42. The summed E-state index contributed by atoms with van der Waals surface area (Å²) >= 11 is 6.55. The number of hydrogen-bond acceptors (Lipinski definition) is 4. The van der Waals surface area contributed by atoms with E-state index < -0.39 is 0 Å². The summed E-state index contributed by atoms with van der Waals surface area (Å²) in [5.41, 5.74) is 3.02. The first-order valence-electron chi connectivity index (χ1n) is 6.39. The number of rotatable bonds is 3. The van der Waals surface area contributed by atoms with Crippen LogP contribution in [0.2, 0.25) is 5.02 Å². The smallest absolute Gasteiger partial charge is 0.238 e. The maximum atomic E-state index is 6.55. The Morgan fingerprint density at radius 3 is 3.00 bits per heavy atom. The number of ether oxygens (including phenoxy) is 1. The molecule has 1 aromatic rings. The second-order valence-corrected chi connectivity index (χ2v) is 4.93. The molecule has 0 aliphatic carbocycles. The lowest BCUT2D eigenvalue weighted by molar-refractivity contribution is 0.398. The van der Waals surface area contributed by atoms with Crippen LogP contribution in [0.25, 0.3) is 0 Å². The van der Waals surface area contributed by atoms with Gasteiger partial charge < -0.3 is 15.4 Å². The number of fused-ring (bicyclic) bond motifs is 1. The first-order chi connectivity index (χ1) is 8.69. The Balaban J connectivity index is 2.56. The van der Waals surface area contributed by atoms with Gasteiger partial charge in [-0.2, -0.15) is 0 Å². The molecule has 2 heterocycles. The number of hydrogen-bond donors (Lipinski definition) is 2. The molecular formula is C13H20ClN3O. The first-order valence-corrected chi connectivity index (χ1v) is 6.77. The molecule has 0 radical (unpaired) electrons. The van der Waals surface area contributed by atoms with Gasteiger partial charge in [0, 0.05) is 26.1 Å². The summed E-state index contributed by atoms with van der Waals surface area (Å²) < 4.78 is 5.34. The van der Waals surface area contributed by atoms with Crippen LogP contribution in [0.15, 0.2) is 0 Å². The molecule has 0 aromatic carbocycles. The molecule has 1 atom stereocenters. The lowest BCUT2D eigenvalue weighted by atomic mass is 9.98. The van der Waals surface area contributed by atoms with E-state index in [1.54, 1.807) is 7.11 Å². The van der Waals surface area contributed by atoms with Crippen molar-refractivity contribution in [1.29, 1.82) is 0 Å². The van der Waals surface area contributed by atoms with Crippen LogP contribution in [0.3, 0.4) is 0 Å². The summed E-state index contributed by atoms with van der Waals surface area (Å²) in [4.78, 5) is 4.61. The molecule has 4 nitrogen and oxygen atoms in total. The summed E-state index contributed by atoms with van der Waals surface area (Å²) in [5.74, 6) is 0.959. The molecule has 0 unspecified atom stereocenters. The van der Waals surface area contributed by atoms with Gasteiger partial charge in [-0.05, 0) is 18.4 Å². The van der Waals surface area contributed by atoms with E-state index in [9.17, 15) is 0 Å². The Labute approximate surface area is 113 Å². The zero-order valence-electron chi connectivity index (χ0n) is 11.1. The van der Waals surface area contributed by atoms with E-state index >= 15 is 0 Å². The number of pyridine rings is 1. The van der Waals surface area contributed by atoms with Gasteiger partial charge in [-0.15, -0.1) is 0 Å². The van der Waals surface area contributed by atoms with Crippen molar-refractivity contribution in [3.8, 4) is 5.88 Å². The van der Waals surface area contributed by atoms with Gasteiger partial charge >= 0.3 is 0 Å². The SMILES string of the molecule is CCNc1c(OC)nc2c(c1Cl)[C@@H](C)CNCC2. The summed E-state index contributed by atoms with van der Waals surface area (Å²) in [7, 11) is 1.63. The number of aromatic nitrogens is 1. The van der Waals surface area contributed by atoms with Gasteiger partial charge in [-0.1, -0.05) is 18.5 Å². The Hall–Kier alpha value is -1.00. The van der Waals surface area contributed by atoms with Crippen molar-refractivity contribution in [2.45, 2.75) is 26.2 Å². The van der Waals surface area contributed by atoms with Gasteiger partial charge in [0.2, 0.25) is 5.88 Å². The fraction of sp³-hybridized carbons (Fsp3) is 0.615. The zero-order valence-corrected chi connectivity index (χ0v) is 11.9. The van der Waals surface area contributed by atoms with Crippen LogP contribution in [0.1, 0.15) is 31.0 Å². The van der Waals surface area contributed by atoms with Crippen molar-refractivity contribution >= 4 is 17.3 Å². The molecule has 1 aliphatic heterocycles. The highest BCUT2D eigenvalue weighted by Crippen LogP contribution is 2.39. The molecule has 0 fully saturated rings. The van der Waals surface area contributed by atoms with Crippen molar-refractivity contribution < 1.29 is 4.74 Å². The molecule has 0 amide bonds. The molecule has 1 aliphatic rings. The Bertz CT molecular complexity index is 437. The third-order valence-corrected chi connectivity index (χ3v) is 3.64. The lowest BCUT2D eigenvalue weighted by Gasteiger charge is -2.19. The van der Waals surface area contributed by atoms with Crippen molar-refractivity contribution in [1.82, 2.24) is 10.3 Å². The average Bonchev–Trinajstić information content (AvgIpc) is 2.54. The fourth-order valence-electron chi connectivity index (χ4n) is 2.39. The van der Waals surface area contributed by atoms with Crippen LogP contribution in [0, 0.1) is 0 Å². The van der Waals surface area contributed by atoms with E-state index in [0.717, 1.165) is 48.0 Å². The second-order valence-electron chi connectivity index (χ2n) is 4.56. The van der Waals surface area contributed by atoms with E-state index in [0.29, 0.717) is 11.8 Å². The summed E-state index contributed by atoms with van der Waals surface area (Å²) in [6, 6.07) is 0. The maximum Gasteiger partial charge on any atom is 0.238 e. The monoisotopic (exact) mass is 269 g/mol.